The monoisotopic (exact) mass is 323 g/mol. The molecule has 2 aromatic heterocycles. The Bertz CT molecular complexity index is 1110. The molecule has 0 unspecified atom stereocenters. The van der Waals surface area contributed by atoms with Gasteiger partial charge in [-0.1, -0.05) is 24.3 Å². The van der Waals surface area contributed by atoms with E-state index in [9.17, 15) is 5.26 Å². The number of nitrogens with two attached hydrogens (primary N) is 1. The first-order valence-electron chi connectivity index (χ1n) is 7.73. The maximum atomic E-state index is 9.30. The van der Waals surface area contributed by atoms with Gasteiger partial charge in [-0.15, -0.1) is 0 Å². The summed E-state index contributed by atoms with van der Waals surface area (Å²) >= 11 is 0. The number of benzene rings is 2. The first kappa shape index (κ1) is 14.8. The van der Waals surface area contributed by atoms with E-state index in [1.54, 1.807) is 18.5 Å². The number of anilines is 1. The molecular weight excluding hydrogens is 310 g/mol. The maximum absolute atomic E-state index is 9.30. The molecule has 0 spiro atoms. The van der Waals surface area contributed by atoms with Crippen molar-refractivity contribution >= 4 is 16.7 Å². The molecule has 2 aromatic carbocycles. The van der Waals surface area contributed by atoms with E-state index in [2.05, 4.69) is 21.0 Å². The lowest BCUT2D eigenvalue weighted by molar-refractivity contribution is 1.21. The summed E-state index contributed by atoms with van der Waals surface area (Å²) in [6, 6.07) is 19.2. The molecule has 0 atom stereocenters. The van der Waals surface area contributed by atoms with E-state index in [0.29, 0.717) is 17.2 Å². The number of hydrogen-bond acceptors (Lipinski definition) is 5. The van der Waals surface area contributed by atoms with Crippen molar-refractivity contribution in [2.75, 3.05) is 5.73 Å². The highest BCUT2D eigenvalue weighted by Gasteiger charge is 2.10. The number of fused-ring (bicyclic) bond motifs is 1. The molecule has 25 heavy (non-hydrogen) atoms. The highest BCUT2D eigenvalue weighted by Crippen LogP contribution is 2.29. The Kier molecular flexibility index (Phi) is 3.56. The van der Waals surface area contributed by atoms with Crippen LogP contribution in [0.2, 0.25) is 0 Å². The first-order valence-corrected chi connectivity index (χ1v) is 7.73. The van der Waals surface area contributed by atoms with Gasteiger partial charge in [0.2, 0.25) is 0 Å². The molecule has 0 bridgehead atoms. The topological polar surface area (TPSA) is 88.5 Å². The van der Waals surface area contributed by atoms with E-state index in [0.717, 1.165) is 27.6 Å². The summed E-state index contributed by atoms with van der Waals surface area (Å²) < 4.78 is 0. The van der Waals surface area contributed by atoms with Crippen molar-refractivity contribution in [3.8, 4) is 28.6 Å². The van der Waals surface area contributed by atoms with Gasteiger partial charge in [-0.3, -0.25) is 4.98 Å². The number of nitrogen functional groups attached to an aromatic ring is 1. The molecule has 2 heterocycles. The summed E-state index contributed by atoms with van der Waals surface area (Å²) in [5, 5.41) is 10.1. The van der Waals surface area contributed by atoms with Crippen LogP contribution in [0.3, 0.4) is 0 Å². The highest BCUT2D eigenvalue weighted by atomic mass is 14.9. The van der Waals surface area contributed by atoms with Crippen LogP contribution in [0.1, 0.15) is 5.56 Å². The number of rotatable bonds is 2. The minimum Gasteiger partial charge on any atom is -0.383 e. The summed E-state index contributed by atoms with van der Waals surface area (Å²) in [5.41, 5.74) is 10.1. The lowest BCUT2D eigenvalue weighted by Crippen LogP contribution is -1.98. The van der Waals surface area contributed by atoms with Crippen molar-refractivity contribution < 1.29 is 0 Å². The average molecular weight is 323 g/mol. The van der Waals surface area contributed by atoms with Gasteiger partial charge in [0.1, 0.15) is 5.82 Å². The Morgan fingerprint density at radius 3 is 2.60 bits per heavy atom. The molecule has 5 nitrogen and oxygen atoms in total. The van der Waals surface area contributed by atoms with Crippen LogP contribution in [0.25, 0.3) is 33.4 Å². The van der Waals surface area contributed by atoms with Crippen LogP contribution in [0.5, 0.6) is 0 Å². The summed E-state index contributed by atoms with van der Waals surface area (Å²) in [4.78, 5) is 13.1. The lowest BCUT2D eigenvalue weighted by atomic mass is 9.99. The molecule has 0 saturated heterocycles. The Morgan fingerprint density at radius 2 is 1.80 bits per heavy atom. The third-order valence-corrected chi connectivity index (χ3v) is 4.00. The van der Waals surface area contributed by atoms with Crippen molar-refractivity contribution in [2.24, 2.45) is 0 Å². The fourth-order valence-electron chi connectivity index (χ4n) is 2.78. The average Bonchev–Trinajstić information content (AvgIpc) is 2.68. The molecule has 0 radical (unpaired) electrons. The minimum absolute atomic E-state index is 0.403. The zero-order valence-electron chi connectivity index (χ0n) is 13.2. The van der Waals surface area contributed by atoms with E-state index in [4.69, 9.17) is 5.73 Å². The third-order valence-electron chi connectivity index (χ3n) is 4.00. The first-order chi connectivity index (χ1) is 12.3. The van der Waals surface area contributed by atoms with Crippen LogP contribution in [-0.4, -0.2) is 15.0 Å². The SMILES string of the molecule is N#Cc1ccccc1-c1ccc2nc(-c3cccnc3)nc(N)c2c1. The molecule has 0 aliphatic rings. The van der Waals surface area contributed by atoms with E-state index < -0.39 is 0 Å². The third kappa shape index (κ3) is 2.66. The van der Waals surface area contributed by atoms with Crippen molar-refractivity contribution in [3.05, 3.63) is 72.6 Å². The lowest BCUT2D eigenvalue weighted by Gasteiger charge is -2.09. The predicted molar refractivity (Wildman–Crippen MR) is 97.3 cm³/mol. The summed E-state index contributed by atoms with van der Waals surface area (Å²) in [5.74, 6) is 0.948. The second-order valence-corrected chi connectivity index (χ2v) is 5.56. The van der Waals surface area contributed by atoms with Gasteiger partial charge >= 0.3 is 0 Å². The molecule has 0 aliphatic carbocycles. The molecule has 118 valence electrons. The van der Waals surface area contributed by atoms with Gasteiger partial charge in [0.15, 0.2) is 5.82 Å². The number of nitriles is 1. The van der Waals surface area contributed by atoms with Gasteiger partial charge in [0.05, 0.1) is 17.1 Å². The van der Waals surface area contributed by atoms with Gasteiger partial charge < -0.3 is 5.73 Å². The molecular formula is C20H13N5. The van der Waals surface area contributed by atoms with Gasteiger partial charge in [0, 0.05) is 23.3 Å². The maximum Gasteiger partial charge on any atom is 0.163 e. The minimum atomic E-state index is 0.403. The Balaban J connectivity index is 1.88. The van der Waals surface area contributed by atoms with Crippen molar-refractivity contribution in [2.45, 2.75) is 0 Å². The van der Waals surface area contributed by atoms with Crippen LogP contribution >= 0.6 is 0 Å². The van der Waals surface area contributed by atoms with Crippen LogP contribution in [0, 0.1) is 11.3 Å². The second kappa shape index (κ2) is 6.02. The second-order valence-electron chi connectivity index (χ2n) is 5.56. The number of hydrogen-bond donors (Lipinski definition) is 1. The molecule has 0 aliphatic heterocycles. The van der Waals surface area contributed by atoms with Gasteiger partial charge in [0.25, 0.3) is 0 Å². The zero-order valence-corrected chi connectivity index (χ0v) is 13.2. The van der Waals surface area contributed by atoms with Crippen LogP contribution in [-0.2, 0) is 0 Å². The molecule has 4 rings (SSSR count). The Hall–Kier alpha value is -3.78. The fraction of sp³-hybridized carbons (Fsp3) is 0. The standard InChI is InChI=1S/C20H13N5/c21-11-14-4-1-2-6-16(14)13-7-8-18-17(10-13)19(22)25-20(24-18)15-5-3-9-23-12-15/h1-10,12H,(H2,22,24,25). The smallest absolute Gasteiger partial charge is 0.163 e. The normalized spacial score (nSPS) is 10.5. The number of nitrogens with zero attached hydrogens (tertiary/aromatic N) is 4. The molecule has 2 N–H and O–H groups in total. The largest absolute Gasteiger partial charge is 0.383 e. The highest BCUT2D eigenvalue weighted by molar-refractivity contribution is 5.93. The molecule has 0 fully saturated rings. The molecule has 0 saturated carbocycles. The van der Waals surface area contributed by atoms with Gasteiger partial charge in [-0.25, -0.2) is 9.97 Å². The summed E-state index contributed by atoms with van der Waals surface area (Å²) in [6.45, 7) is 0. The molecule has 0 amide bonds. The summed E-state index contributed by atoms with van der Waals surface area (Å²) in [7, 11) is 0. The van der Waals surface area contributed by atoms with E-state index in [1.807, 2.05) is 48.5 Å². The molecule has 5 heteroatoms. The Morgan fingerprint density at radius 1 is 0.920 bits per heavy atom. The van der Waals surface area contributed by atoms with Crippen LogP contribution in [0.4, 0.5) is 5.82 Å². The zero-order chi connectivity index (χ0) is 17.2. The number of aromatic nitrogens is 3. The number of pyridine rings is 1. The van der Waals surface area contributed by atoms with E-state index in [1.165, 1.54) is 0 Å². The quantitative estimate of drug-likeness (QED) is 0.606. The van der Waals surface area contributed by atoms with Crippen molar-refractivity contribution in [1.82, 2.24) is 15.0 Å². The van der Waals surface area contributed by atoms with Crippen LogP contribution in [0.15, 0.2) is 67.0 Å². The van der Waals surface area contributed by atoms with Gasteiger partial charge in [-0.2, -0.15) is 5.26 Å². The predicted octanol–water partition coefficient (Wildman–Crippen LogP) is 3.81. The fourth-order valence-corrected chi connectivity index (χ4v) is 2.78. The van der Waals surface area contributed by atoms with Crippen LogP contribution < -0.4 is 5.73 Å². The molecule has 4 aromatic rings. The Labute approximate surface area is 144 Å². The van der Waals surface area contributed by atoms with E-state index >= 15 is 0 Å². The van der Waals surface area contributed by atoms with E-state index in [-0.39, 0.29) is 0 Å². The summed E-state index contributed by atoms with van der Waals surface area (Å²) in [6.07, 6.45) is 3.41. The van der Waals surface area contributed by atoms with Crippen molar-refractivity contribution in [3.63, 3.8) is 0 Å². The van der Waals surface area contributed by atoms with Gasteiger partial charge in [-0.05, 0) is 41.5 Å². The van der Waals surface area contributed by atoms with Crippen molar-refractivity contribution in [1.29, 1.82) is 5.26 Å².